The quantitative estimate of drug-likeness (QED) is 0.240. The normalized spacial score (nSPS) is 13.1. The van der Waals surface area contributed by atoms with Crippen molar-refractivity contribution in [2.24, 2.45) is 11.7 Å². The Morgan fingerprint density at radius 1 is 1.03 bits per heavy atom. The summed E-state index contributed by atoms with van der Waals surface area (Å²) in [6, 6.07) is 1.12. The van der Waals surface area contributed by atoms with Crippen LogP contribution in [-0.2, 0) is 35.2 Å². The number of nitrogens with one attached hydrogen (secondary N) is 2. The topological polar surface area (TPSA) is 206 Å². The van der Waals surface area contributed by atoms with E-state index >= 15 is 0 Å². The average molecular weight is 534 g/mol. The molecular formula is C22H29F3N4O8. The van der Waals surface area contributed by atoms with Crippen LogP contribution < -0.4 is 16.4 Å². The van der Waals surface area contributed by atoms with Crippen LogP contribution in [-0.4, -0.2) is 68.9 Å². The Bertz CT molecular complexity index is 957. The predicted octanol–water partition coefficient (Wildman–Crippen LogP) is 0.582. The molecule has 0 spiro atoms. The lowest BCUT2D eigenvalue weighted by Crippen LogP contribution is -2.47. The minimum Gasteiger partial charge on any atom is -0.480 e. The van der Waals surface area contributed by atoms with E-state index in [1.165, 1.54) is 6.92 Å². The molecule has 1 heterocycles. The summed E-state index contributed by atoms with van der Waals surface area (Å²) < 4.78 is 31.7. The number of primary amides is 1. The predicted molar refractivity (Wildman–Crippen MR) is 121 cm³/mol. The number of amides is 3. The van der Waals surface area contributed by atoms with E-state index in [0.29, 0.717) is 12.8 Å². The first-order valence-electron chi connectivity index (χ1n) is 10.9. The summed E-state index contributed by atoms with van der Waals surface area (Å²) in [6.45, 7) is 3.35. The molecule has 1 aromatic rings. The number of rotatable bonds is 13. The maximum atomic E-state index is 12.5. The molecule has 3 amide bonds. The van der Waals surface area contributed by atoms with Crippen molar-refractivity contribution in [1.82, 2.24) is 15.6 Å². The van der Waals surface area contributed by atoms with Crippen molar-refractivity contribution in [1.29, 1.82) is 0 Å². The Hall–Kier alpha value is -4.04. The van der Waals surface area contributed by atoms with Crippen LogP contribution in [0, 0.1) is 5.92 Å². The third kappa shape index (κ3) is 14.2. The van der Waals surface area contributed by atoms with Gasteiger partial charge in [-0.2, -0.15) is 13.2 Å². The summed E-state index contributed by atoms with van der Waals surface area (Å²) in [5.41, 5.74) is 5.76. The molecule has 206 valence electrons. The number of nitrogens with two attached hydrogens (primary N) is 1. The number of aliphatic carboxylic acids is 2. The second-order valence-electron chi connectivity index (χ2n) is 7.85. The molecular weight excluding hydrogens is 505 g/mol. The van der Waals surface area contributed by atoms with Crippen LogP contribution in [0.25, 0.3) is 0 Å². The van der Waals surface area contributed by atoms with Crippen molar-refractivity contribution in [2.45, 2.75) is 64.2 Å². The van der Waals surface area contributed by atoms with Gasteiger partial charge < -0.3 is 26.6 Å². The van der Waals surface area contributed by atoms with Gasteiger partial charge in [0, 0.05) is 24.7 Å². The number of carboxylic acid groups (broad SMARTS) is 2. The minimum absolute atomic E-state index is 0.0897. The highest BCUT2D eigenvalue weighted by Crippen LogP contribution is 2.15. The van der Waals surface area contributed by atoms with Gasteiger partial charge in [-0.1, -0.05) is 13.3 Å². The van der Waals surface area contributed by atoms with Crippen LogP contribution in [0.2, 0.25) is 0 Å². The molecule has 12 nitrogen and oxygen atoms in total. The number of carbonyl (C=O) groups is 6. The molecule has 3 atom stereocenters. The van der Waals surface area contributed by atoms with Gasteiger partial charge in [0.2, 0.25) is 17.7 Å². The number of alkyl halides is 3. The smallest absolute Gasteiger partial charge is 0.480 e. The monoisotopic (exact) mass is 534 g/mol. The first-order valence-corrected chi connectivity index (χ1v) is 10.9. The number of halogens is 3. The molecule has 0 aliphatic rings. The lowest BCUT2D eigenvalue weighted by molar-refractivity contribution is -0.192. The third-order valence-electron chi connectivity index (χ3n) is 4.69. The van der Waals surface area contributed by atoms with Gasteiger partial charge in [0.1, 0.15) is 6.04 Å². The van der Waals surface area contributed by atoms with Gasteiger partial charge in [-0.25, -0.2) is 9.59 Å². The van der Waals surface area contributed by atoms with Gasteiger partial charge >= 0.3 is 18.1 Å². The average Bonchev–Trinajstić information content (AvgIpc) is 2.78. The van der Waals surface area contributed by atoms with E-state index in [1.54, 1.807) is 24.5 Å². The van der Waals surface area contributed by atoms with Crippen LogP contribution in [0.5, 0.6) is 0 Å². The standard InChI is InChI=1S/C20H28N4O6.C2HF3O2/c1-3-4-14(19(28)24-15(20(29)30)11-17(21)26)10-16(25)12(2)23-18(27)9-13-5-7-22-8-6-13;3-2(4,5)1(6)7/h5-8,12,14-15H,3-4,9-11H2,1-2H3,(H2,21,26)(H,23,27)(H,24,28)(H,29,30);(H,6,7)/t12-,14-,15-;/m0./s1. The van der Waals surface area contributed by atoms with Gasteiger partial charge in [-0.05, 0) is 31.0 Å². The van der Waals surface area contributed by atoms with Gasteiger partial charge in [-0.3, -0.25) is 24.2 Å². The third-order valence-corrected chi connectivity index (χ3v) is 4.69. The SMILES string of the molecule is CCC[C@@H](CC(=O)[C@H](C)NC(=O)Cc1ccncc1)C(=O)N[C@@H](CC(N)=O)C(=O)O.O=C(O)C(F)(F)F. The van der Waals surface area contributed by atoms with Crippen LogP contribution >= 0.6 is 0 Å². The summed E-state index contributed by atoms with van der Waals surface area (Å²) in [5.74, 6) is -7.13. The van der Waals surface area contributed by atoms with Crippen molar-refractivity contribution in [2.75, 3.05) is 0 Å². The summed E-state index contributed by atoms with van der Waals surface area (Å²) >= 11 is 0. The fourth-order valence-electron chi connectivity index (χ4n) is 2.84. The zero-order valence-corrected chi connectivity index (χ0v) is 20.1. The number of nitrogens with zero attached hydrogens (tertiary/aromatic N) is 1. The molecule has 0 saturated carbocycles. The highest BCUT2D eigenvalue weighted by atomic mass is 19.4. The molecule has 15 heteroatoms. The number of hydrogen-bond acceptors (Lipinski definition) is 7. The molecule has 0 radical (unpaired) electrons. The van der Waals surface area contributed by atoms with Crippen molar-refractivity contribution in [3.63, 3.8) is 0 Å². The van der Waals surface area contributed by atoms with E-state index in [4.69, 9.17) is 20.7 Å². The Morgan fingerprint density at radius 3 is 2.00 bits per heavy atom. The molecule has 0 bridgehead atoms. The van der Waals surface area contributed by atoms with Crippen molar-refractivity contribution >= 4 is 35.4 Å². The van der Waals surface area contributed by atoms with E-state index in [0.717, 1.165) is 5.56 Å². The van der Waals surface area contributed by atoms with Crippen molar-refractivity contribution in [3.05, 3.63) is 30.1 Å². The highest BCUT2D eigenvalue weighted by Gasteiger charge is 2.38. The molecule has 0 aliphatic heterocycles. The van der Waals surface area contributed by atoms with E-state index in [2.05, 4.69) is 15.6 Å². The van der Waals surface area contributed by atoms with Crippen LogP contribution in [0.1, 0.15) is 45.1 Å². The fraction of sp³-hybridized carbons (Fsp3) is 0.500. The Balaban J connectivity index is 0.00000161. The van der Waals surface area contributed by atoms with Crippen LogP contribution in [0.3, 0.4) is 0 Å². The van der Waals surface area contributed by atoms with Gasteiger partial charge in [0.25, 0.3) is 0 Å². The zero-order valence-electron chi connectivity index (χ0n) is 20.1. The van der Waals surface area contributed by atoms with E-state index in [-0.39, 0.29) is 24.5 Å². The summed E-state index contributed by atoms with van der Waals surface area (Å²) in [7, 11) is 0. The van der Waals surface area contributed by atoms with Crippen LogP contribution in [0.15, 0.2) is 24.5 Å². The second kappa shape index (κ2) is 15.9. The molecule has 1 rings (SSSR count). The number of pyridine rings is 1. The summed E-state index contributed by atoms with van der Waals surface area (Å²) in [4.78, 5) is 72.1. The maximum Gasteiger partial charge on any atom is 0.490 e. The van der Waals surface area contributed by atoms with Gasteiger partial charge in [0.15, 0.2) is 5.78 Å². The Labute approximate surface area is 209 Å². The number of ketones is 1. The molecule has 0 aliphatic carbocycles. The summed E-state index contributed by atoms with van der Waals surface area (Å²) in [5, 5.41) is 21.1. The lowest BCUT2D eigenvalue weighted by atomic mass is 9.93. The molecule has 0 unspecified atom stereocenters. The molecule has 0 fully saturated rings. The van der Waals surface area contributed by atoms with Gasteiger partial charge in [0.05, 0.1) is 18.9 Å². The van der Waals surface area contributed by atoms with Crippen LogP contribution in [0.4, 0.5) is 13.2 Å². The first-order chi connectivity index (χ1) is 17.1. The number of hydrogen-bond donors (Lipinski definition) is 5. The van der Waals surface area contributed by atoms with E-state index in [1.807, 2.05) is 6.92 Å². The summed E-state index contributed by atoms with van der Waals surface area (Å²) in [6.07, 6.45) is -1.65. The Morgan fingerprint density at radius 2 is 1.57 bits per heavy atom. The highest BCUT2D eigenvalue weighted by molar-refractivity contribution is 5.94. The number of carboxylic acids is 2. The van der Waals surface area contributed by atoms with Crippen molar-refractivity contribution in [3.8, 4) is 0 Å². The van der Waals surface area contributed by atoms with Gasteiger partial charge in [-0.15, -0.1) is 0 Å². The lowest BCUT2D eigenvalue weighted by Gasteiger charge is -2.21. The van der Waals surface area contributed by atoms with E-state index < -0.39 is 54.4 Å². The molecule has 0 saturated heterocycles. The maximum absolute atomic E-state index is 12.5. The minimum atomic E-state index is -5.08. The largest absolute Gasteiger partial charge is 0.490 e. The molecule has 37 heavy (non-hydrogen) atoms. The number of Topliss-reactive ketones (excluding diaryl/α,β-unsaturated/α-hetero) is 1. The van der Waals surface area contributed by atoms with Crippen molar-refractivity contribution < 1.29 is 52.2 Å². The number of aromatic nitrogens is 1. The Kier molecular flexibility index (Phi) is 14.1. The fourth-order valence-corrected chi connectivity index (χ4v) is 2.84. The zero-order chi connectivity index (χ0) is 28.8. The van der Waals surface area contributed by atoms with E-state index in [9.17, 15) is 37.1 Å². The first kappa shape index (κ1) is 33.0. The molecule has 1 aromatic heterocycles. The molecule has 0 aromatic carbocycles. The number of carbonyl (C=O) groups excluding carboxylic acids is 4. The second-order valence-corrected chi connectivity index (χ2v) is 7.85. The molecule has 6 N–H and O–H groups in total.